The Labute approximate surface area is 114 Å². The van der Waals surface area contributed by atoms with Gasteiger partial charge in [-0.15, -0.1) is 11.8 Å². The molecule has 3 nitrogen and oxygen atoms in total. The zero-order chi connectivity index (χ0) is 13.5. The molecule has 100 valence electrons. The summed E-state index contributed by atoms with van der Waals surface area (Å²) in [5.41, 5.74) is 6.43. The molecule has 0 fully saturated rings. The van der Waals surface area contributed by atoms with Gasteiger partial charge in [0.1, 0.15) is 0 Å². The standard InChI is InChI=1S/C14H22N2OS/c1-10(2)8-11(9-15)16-14(17)12-6-4-5-7-13(12)18-3/h4-7,10-11H,8-9,15H2,1-3H3,(H,16,17). The summed E-state index contributed by atoms with van der Waals surface area (Å²) < 4.78 is 0. The van der Waals surface area contributed by atoms with Crippen LogP contribution in [0.25, 0.3) is 0 Å². The van der Waals surface area contributed by atoms with E-state index in [0.29, 0.717) is 12.5 Å². The van der Waals surface area contributed by atoms with Crippen molar-refractivity contribution in [3.05, 3.63) is 29.8 Å². The molecule has 3 N–H and O–H groups in total. The predicted molar refractivity (Wildman–Crippen MR) is 78.0 cm³/mol. The lowest BCUT2D eigenvalue weighted by Crippen LogP contribution is -2.41. The Morgan fingerprint density at radius 1 is 1.39 bits per heavy atom. The summed E-state index contributed by atoms with van der Waals surface area (Å²) in [6, 6.07) is 7.68. The van der Waals surface area contributed by atoms with Crippen LogP contribution in [-0.2, 0) is 0 Å². The minimum absolute atomic E-state index is 0.0314. The number of hydrogen-bond donors (Lipinski definition) is 2. The largest absolute Gasteiger partial charge is 0.348 e. The molecule has 0 spiro atoms. The average Bonchev–Trinajstić information content (AvgIpc) is 2.37. The molecule has 1 amide bonds. The van der Waals surface area contributed by atoms with Crippen LogP contribution >= 0.6 is 11.8 Å². The summed E-state index contributed by atoms with van der Waals surface area (Å²) in [6.07, 6.45) is 2.88. The normalized spacial score (nSPS) is 12.5. The summed E-state index contributed by atoms with van der Waals surface area (Å²) in [6.45, 7) is 4.74. The molecule has 0 aliphatic rings. The third-order valence-electron chi connectivity index (χ3n) is 2.73. The summed E-state index contributed by atoms with van der Waals surface area (Å²) in [4.78, 5) is 13.2. The molecule has 0 heterocycles. The average molecular weight is 266 g/mol. The zero-order valence-corrected chi connectivity index (χ0v) is 12.1. The summed E-state index contributed by atoms with van der Waals surface area (Å²) in [5, 5.41) is 3.01. The second-order valence-corrected chi connectivity index (χ2v) is 5.58. The van der Waals surface area contributed by atoms with E-state index in [4.69, 9.17) is 5.73 Å². The lowest BCUT2D eigenvalue weighted by atomic mass is 10.0. The Kier molecular flexibility index (Phi) is 6.22. The van der Waals surface area contributed by atoms with Gasteiger partial charge in [-0.2, -0.15) is 0 Å². The highest BCUT2D eigenvalue weighted by atomic mass is 32.2. The van der Waals surface area contributed by atoms with Crippen molar-refractivity contribution in [3.8, 4) is 0 Å². The molecule has 0 saturated carbocycles. The summed E-state index contributed by atoms with van der Waals surface area (Å²) in [7, 11) is 0. The van der Waals surface area contributed by atoms with Gasteiger partial charge in [-0.3, -0.25) is 4.79 Å². The lowest BCUT2D eigenvalue weighted by molar-refractivity contribution is 0.0931. The van der Waals surface area contributed by atoms with E-state index in [0.717, 1.165) is 16.9 Å². The van der Waals surface area contributed by atoms with Gasteiger partial charge in [-0.25, -0.2) is 0 Å². The molecule has 0 aromatic heterocycles. The molecular weight excluding hydrogens is 244 g/mol. The Hall–Kier alpha value is -1.00. The second-order valence-electron chi connectivity index (χ2n) is 4.74. The molecule has 0 aliphatic carbocycles. The maximum atomic E-state index is 12.2. The highest BCUT2D eigenvalue weighted by Crippen LogP contribution is 2.19. The Balaban J connectivity index is 2.74. The number of amides is 1. The fourth-order valence-electron chi connectivity index (χ4n) is 1.88. The van der Waals surface area contributed by atoms with Gasteiger partial charge in [0.05, 0.1) is 5.56 Å². The molecule has 0 saturated heterocycles. The van der Waals surface area contributed by atoms with Crippen LogP contribution in [0.5, 0.6) is 0 Å². The van der Waals surface area contributed by atoms with Gasteiger partial charge in [0.25, 0.3) is 5.91 Å². The first kappa shape index (κ1) is 15.1. The SMILES string of the molecule is CSc1ccccc1C(=O)NC(CN)CC(C)C. The van der Waals surface area contributed by atoms with Crippen molar-refractivity contribution < 1.29 is 4.79 Å². The molecule has 1 unspecified atom stereocenters. The quantitative estimate of drug-likeness (QED) is 0.778. The monoisotopic (exact) mass is 266 g/mol. The number of benzene rings is 1. The second kappa shape index (κ2) is 7.44. The number of nitrogens with one attached hydrogen (secondary N) is 1. The molecule has 1 atom stereocenters. The molecule has 1 aromatic carbocycles. The smallest absolute Gasteiger partial charge is 0.252 e. The fraction of sp³-hybridized carbons (Fsp3) is 0.500. The Morgan fingerprint density at radius 3 is 2.61 bits per heavy atom. The highest BCUT2D eigenvalue weighted by Gasteiger charge is 2.15. The van der Waals surface area contributed by atoms with Crippen LogP contribution in [0.1, 0.15) is 30.6 Å². The van der Waals surface area contributed by atoms with Crippen molar-refractivity contribution in [1.82, 2.24) is 5.32 Å². The number of carbonyl (C=O) groups is 1. The van der Waals surface area contributed by atoms with Gasteiger partial charge >= 0.3 is 0 Å². The highest BCUT2D eigenvalue weighted by molar-refractivity contribution is 7.98. The van der Waals surface area contributed by atoms with Crippen LogP contribution in [0.3, 0.4) is 0 Å². The van der Waals surface area contributed by atoms with Crippen LogP contribution in [0.4, 0.5) is 0 Å². The first-order chi connectivity index (χ1) is 8.58. The molecule has 1 rings (SSSR count). The Morgan fingerprint density at radius 2 is 2.06 bits per heavy atom. The first-order valence-corrected chi connectivity index (χ1v) is 7.44. The number of thioether (sulfide) groups is 1. The van der Waals surface area contributed by atoms with E-state index in [2.05, 4.69) is 19.2 Å². The van der Waals surface area contributed by atoms with Crippen molar-refractivity contribution in [2.75, 3.05) is 12.8 Å². The van der Waals surface area contributed by atoms with Crippen LogP contribution in [0.2, 0.25) is 0 Å². The van der Waals surface area contributed by atoms with E-state index >= 15 is 0 Å². The predicted octanol–water partition coefficient (Wildman–Crippen LogP) is 2.51. The number of carbonyl (C=O) groups excluding carboxylic acids is 1. The molecular formula is C14H22N2OS. The molecule has 0 bridgehead atoms. The van der Waals surface area contributed by atoms with Crippen molar-refractivity contribution in [3.63, 3.8) is 0 Å². The van der Waals surface area contributed by atoms with E-state index in [1.54, 1.807) is 11.8 Å². The van der Waals surface area contributed by atoms with E-state index in [1.165, 1.54) is 0 Å². The van der Waals surface area contributed by atoms with Crippen molar-refractivity contribution in [2.24, 2.45) is 11.7 Å². The number of hydrogen-bond acceptors (Lipinski definition) is 3. The minimum Gasteiger partial charge on any atom is -0.348 e. The number of rotatable bonds is 6. The van der Waals surface area contributed by atoms with Gasteiger partial charge in [-0.1, -0.05) is 26.0 Å². The fourth-order valence-corrected chi connectivity index (χ4v) is 2.47. The van der Waals surface area contributed by atoms with Gasteiger partial charge < -0.3 is 11.1 Å². The van der Waals surface area contributed by atoms with E-state index in [9.17, 15) is 4.79 Å². The third kappa shape index (κ3) is 4.35. The molecule has 0 radical (unpaired) electrons. The number of nitrogens with two attached hydrogens (primary N) is 1. The minimum atomic E-state index is -0.0314. The van der Waals surface area contributed by atoms with E-state index in [1.807, 2.05) is 30.5 Å². The van der Waals surface area contributed by atoms with Crippen molar-refractivity contribution in [1.29, 1.82) is 0 Å². The van der Waals surface area contributed by atoms with Crippen LogP contribution in [0, 0.1) is 5.92 Å². The van der Waals surface area contributed by atoms with Gasteiger partial charge in [0.15, 0.2) is 0 Å². The zero-order valence-electron chi connectivity index (χ0n) is 11.3. The Bertz CT molecular complexity index is 393. The van der Waals surface area contributed by atoms with Crippen molar-refractivity contribution >= 4 is 17.7 Å². The van der Waals surface area contributed by atoms with Gasteiger partial charge in [-0.05, 0) is 30.7 Å². The maximum Gasteiger partial charge on any atom is 0.252 e. The van der Waals surface area contributed by atoms with Crippen LogP contribution < -0.4 is 11.1 Å². The maximum absolute atomic E-state index is 12.2. The van der Waals surface area contributed by atoms with Gasteiger partial charge in [0.2, 0.25) is 0 Å². The van der Waals surface area contributed by atoms with E-state index < -0.39 is 0 Å². The molecule has 1 aromatic rings. The van der Waals surface area contributed by atoms with Crippen molar-refractivity contribution in [2.45, 2.75) is 31.2 Å². The lowest BCUT2D eigenvalue weighted by Gasteiger charge is -2.19. The molecule has 18 heavy (non-hydrogen) atoms. The molecule has 4 heteroatoms. The summed E-state index contributed by atoms with van der Waals surface area (Å²) in [5.74, 6) is 0.491. The third-order valence-corrected chi connectivity index (χ3v) is 3.52. The van der Waals surface area contributed by atoms with Crippen LogP contribution in [-0.4, -0.2) is 24.7 Å². The van der Waals surface area contributed by atoms with E-state index in [-0.39, 0.29) is 11.9 Å². The topological polar surface area (TPSA) is 55.1 Å². The first-order valence-electron chi connectivity index (χ1n) is 6.22. The summed E-state index contributed by atoms with van der Waals surface area (Å²) >= 11 is 1.58. The molecule has 0 aliphatic heterocycles. The van der Waals surface area contributed by atoms with Crippen LogP contribution in [0.15, 0.2) is 29.2 Å². The van der Waals surface area contributed by atoms with Gasteiger partial charge in [0, 0.05) is 17.5 Å².